The van der Waals surface area contributed by atoms with E-state index in [1.54, 1.807) is 37.5 Å². The third kappa shape index (κ3) is 7.71. The van der Waals surface area contributed by atoms with E-state index >= 15 is 0 Å². The molecule has 0 aliphatic carbocycles. The molecule has 0 bridgehead atoms. The van der Waals surface area contributed by atoms with Gasteiger partial charge in [-0.2, -0.15) is 0 Å². The Morgan fingerprint density at radius 2 is 1.81 bits per heavy atom. The third-order valence-corrected chi connectivity index (χ3v) is 5.69. The van der Waals surface area contributed by atoms with Crippen molar-refractivity contribution < 1.29 is 27.4 Å². The standard InChI is InChI=1S/C22H28N2O6S/c1-4-30-20-11-7-17(15-21(20)29-3)8-12-22(25)23-16-18-5-9-19(10-6-18)31(26,27)24-13-14-28-2/h5-12,15,24H,4,13-14,16H2,1-3H3,(H,23,25)/b12-8+. The number of carbonyl (C=O) groups excluding carboxylic acids is 1. The van der Waals surface area contributed by atoms with Gasteiger partial charge in [0.2, 0.25) is 15.9 Å². The molecule has 0 atom stereocenters. The highest BCUT2D eigenvalue weighted by Gasteiger charge is 2.13. The van der Waals surface area contributed by atoms with Gasteiger partial charge < -0.3 is 19.5 Å². The third-order valence-electron chi connectivity index (χ3n) is 4.21. The highest BCUT2D eigenvalue weighted by molar-refractivity contribution is 7.89. The van der Waals surface area contributed by atoms with Crippen LogP contribution in [0, 0.1) is 0 Å². The lowest BCUT2D eigenvalue weighted by Crippen LogP contribution is -2.27. The second-order valence-corrected chi connectivity index (χ2v) is 8.20. The second-order valence-electron chi connectivity index (χ2n) is 6.43. The van der Waals surface area contributed by atoms with Crippen molar-refractivity contribution in [2.45, 2.75) is 18.4 Å². The van der Waals surface area contributed by atoms with Crippen molar-refractivity contribution in [2.75, 3.05) is 34.0 Å². The molecule has 0 heterocycles. The number of methoxy groups -OCH3 is 2. The van der Waals surface area contributed by atoms with Gasteiger partial charge in [-0.15, -0.1) is 0 Å². The fourth-order valence-corrected chi connectivity index (χ4v) is 3.64. The largest absolute Gasteiger partial charge is 0.493 e. The van der Waals surface area contributed by atoms with E-state index in [1.165, 1.54) is 25.3 Å². The molecule has 2 N–H and O–H groups in total. The van der Waals surface area contributed by atoms with Crippen LogP contribution in [0.4, 0.5) is 0 Å². The maximum atomic E-state index is 12.1. The summed E-state index contributed by atoms with van der Waals surface area (Å²) in [4.78, 5) is 12.3. The number of rotatable bonds is 12. The van der Waals surface area contributed by atoms with E-state index in [0.29, 0.717) is 24.7 Å². The Kier molecular flexibility index (Phi) is 9.51. The summed E-state index contributed by atoms with van der Waals surface area (Å²) in [5.41, 5.74) is 1.58. The zero-order valence-electron chi connectivity index (χ0n) is 17.9. The average molecular weight is 449 g/mol. The fraction of sp³-hybridized carbons (Fsp3) is 0.318. The summed E-state index contributed by atoms with van der Waals surface area (Å²) in [6, 6.07) is 11.7. The van der Waals surface area contributed by atoms with Crippen molar-refractivity contribution in [1.29, 1.82) is 0 Å². The lowest BCUT2D eigenvalue weighted by Gasteiger charge is -2.09. The molecule has 2 rings (SSSR count). The maximum Gasteiger partial charge on any atom is 0.244 e. The van der Waals surface area contributed by atoms with Gasteiger partial charge in [-0.3, -0.25) is 4.79 Å². The molecule has 9 heteroatoms. The summed E-state index contributed by atoms with van der Waals surface area (Å²) in [6.45, 7) is 3.19. The van der Waals surface area contributed by atoms with Crippen molar-refractivity contribution in [1.82, 2.24) is 10.0 Å². The van der Waals surface area contributed by atoms with Gasteiger partial charge in [0, 0.05) is 26.3 Å². The van der Waals surface area contributed by atoms with Crippen molar-refractivity contribution in [3.8, 4) is 11.5 Å². The highest BCUT2D eigenvalue weighted by Crippen LogP contribution is 2.28. The Bertz CT molecular complexity index is 988. The summed E-state index contributed by atoms with van der Waals surface area (Å²) >= 11 is 0. The topological polar surface area (TPSA) is 103 Å². The molecule has 0 unspecified atom stereocenters. The first-order chi connectivity index (χ1) is 14.9. The molecule has 0 saturated carbocycles. The Hall–Kier alpha value is -2.88. The van der Waals surface area contributed by atoms with Crippen LogP contribution in [0.2, 0.25) is 0 Å². The summed E-state index contributed by atoms with van der Waals surface area (Å²) in [6.07, 6.45) is 3.10. The normalized spacial score (nSPS) is 11.5. The first-order valence-corrected chi connectivity index (χ1v) is 11.2. The molecule has 168 valence electrons. The highest BCUT2D eigenvalue weighted by atomic mass is 32.2. The number of hydrogen-bond donors (Lipinski definition) is 2. The molecule has 8 nitrogen and oxygen atoms in total. The molecule has 2 aromatic rings. The monoisotopic (exact) mass is 448 g/mol. The van der Waals surface area contributed by atoms with Crippen molar-refractivity contribution in [2.24, 2.45) is 0 Å². The predicted octanol–water partition coefficient (Wildman–Crippen LogP) is 2.35. The van der Waals surface area contributed by atoms with Crippen LogP contribution < -0.4 is 19.5 Å². The SMILES string of the molecule is CCOc1ccc(/C=C/C(=O)NCc2ccc(S(=O)(=O)NCCOC)cc2)cc1OC. The Balaban J connectivity index is 1.91. The van der Waals surface area contributed by atoms with Crippen LogP contribution in [0.5, 0.6) is 11.5 Å². The molecule has 0 aromatic heterocycles. The molecule has 0 radical (unpaired) electrons. The zero-order chi connectivity index (χ0) is 22.7. The van der Waals surface area contributed by atoms with Gasteiger partial charge in [0.1, 0.15) is 0 Å². The lowest BCUT2D eigenvalue weighted by atomic mass is 10.2. The number of amides is 1. The van der Waals surface area contributed by atoms with E-state index in [4.69, 9.17) is 14.2 Å². The number of ether oxygens (including phenoxy) is 3. The lowest BCUT2D eigenvalue weighted by molar-refractivity contribution is -0.116. The Morgan fingerprint density at radius 3 is 2.45 bits per heavy atom. The van der Waals surface area contributed by atoms with E-state index in [0.717, 1.165) is 11.1 Å². The molecule has 0 saturated heterocycles. The van der Waals surface area contributed by atoms with E-state index in [1.807, 2.05) is 13.0 Å². The molecular weight excluding hydrogens is 420 g/mol. The minimum atomic E-state index is -3.58. The molecule has 0 fully saturated rings. The number of sulfonamides is 1. The van der Waals surface area contributed by atoms with Crippen LogP contribution >= 0.6 is 0 Å². The summed E-state index contributed by atoms with van der Waals surface area (Å²) < 4.78 is 42.3. The van der Waals surface area contributed by atoms with Crippen molar-refractivity contribution in [3.63, 3.8) is 0 Å². The average Bonchev–Trinajstić information content (AvgIpc) is 2.77. The predicted molar refractivity (Wildman–Crippen MR) is 119 cm³/mol. The smallest absolute Gasteiger partial charge is 0.244 e. The number of benzene rings is 2. The van der Waals surface area contributed by atoms with E-state index in [9.17, 15) is 13.2 Å². The summed E-state index contributed by atoms with van der Waals surface area (Å²) in [5, 5.41) is 2.77. The van der Waals surface area contributed by atoms with Crippen LogP contribution in [0.3, 0.4) is 0 Å². The second kappa shape index (κ2) is 12.1. The molecule has 1 amide bonds. The van der Waals surface area contributed by atoms with Crippen LogP contribution in [0.15, 0.2) is 53.4 Å². The van der Waals surface area contributed by atoms with Gasteiger partial charge in [-0.05, 0) is 48.4 Å². The minimum absolute atomic E-state index is 0.156. The summed E-state index contributed by atoms with van der Waals surface area (Å²) in [7, 11) is -0.519. The van der Waals surface area contributed by atoms with E-state index in [2.05, 4.69) is 10.0 Å². The van der Waals surface area contributed by atoms with Crippen LogP contribution in [-0.4, -0.2) is 48.3 Å². The molecule has 0 aliphatic rings. The van der Waals surface area contributed by atoms with E-state index in [-0.39, 0.29) is 23.9 Å². The number of carbonyl (C=O) groups is 1. The van der Waals surface area contributed by atoms with Gasteiger partial charge in [0.25, 0.3) is 0 Å². The summed E-state index contributed by atoms with van der Waals surface area (Å²) in [5.74, 6) is 0.966. The van der Waals surface area contributed by atoms with Gasteiger partial charge in [0.05, 0.1) is 25.2 Å². The quantitative estimate of drug-likeness (QED) is 0.382. The Labute approximate surface area is 183 Å². The van der Waals surface area contributed by atoms with Gasteiger partial charge in [-0.1, -0.05) is 18.2 Å². The van der Waals surface area contributed by atoms with Crippen molar-refractivity contribution in [3.05, 3.63) is 59.7 Å². The van der Waals surface area contributed by atoms with Crippen LogP contribution in [-0.2, 0) is 26.1 Å². The number of hydrogen-bond acceptors (Lipinski definition) is 6. The van der Waals surface area contributed by atoms with Crippen molar-refractivity contribution >= 4 is 22.0 Å². The van der Waals surface area contributed by atoms with Gasteiger partial charge >= 0.3 is 0 Å². The van der Waals surface area contributed by atoms with Crippen LogP contribution in [0.1, 0.15) is 18.1 Å². The fourth-order valence-electron chi connectivity index (χ4n) is 2.63. The number of nitrogens with one attached hydrogen (secondary N) is 2. The molecular formula is C22H28N2O6S. The van der Waals surface area contributed by atoms with E-state index < -0.39 is 10.0 Å². The first kappa shape index (κ1) is 24.4. The minimum Gasteiger partial charge on any atom is -0.493 e. The molecule has 2 aromatic carbocycles. The first-order valence-electron chi connectivity index (χ1n) is 9.74. The molecule has 0 spiro atoms. The van der Waals surface area contributed by atoms with Gasteiger partial charge in [-0.25, -0.2) is 13.1 Å². The maximum absolute atomic E-state index is 12.1. The van der Waals surface area contributed by atoms with Crippen LogP contribution in [0.25, 0.3) is 6.08 Å². The van der Waals surface area contributed by atoms with Gasteiger partial charge in [0.15, 0.2) is 11.5 Å². The molecule has 0 aliphatic heterocycles. The Morgan fingerprint density at radius 1 is 1.06 bits per heavy atom. The zero-order valence-corrected chi connectivity index (χ0v) is 18.7. The molecule has 31 heavy (non-hydrogen) atoms.